The number of nitrogens with one attached hydrogen (secondary N) is 1. The highest BCUT2D eigenvalue weighted by molar-refractivity contribution is 14.1. The summed E-state index contributed by atoms with van der Waals surface area (Å²) in [6.45, 7) is -0.265. The van der Waals surface area contributed by atoms with Crippen molar-refractivity contribution in [1.82, 2.24) is 0 Å². The molecule has 0 aliphatic carbocycles. The number of hydrogen-bond acceptors (Lipinski definition) is 3. The summed E-state index contributed by atoms with van der Waals surface area (Å²) in [5, 5.41) is 2.72. The van der Waals surface area contributed by atoms with E-state index >= 15 is 0 Å². The summed E-state index contributed by atoms with van der Waals surface area (Å²) in [5.74, 6) is -0.709. The number of benzene rings is 2. The molecule has 0 bridgehead atoms. The van der Waals surface area contributed by atoms with Gasteiger partial charge in [-0.1, -0.05) is 42.5 Å². The minimum absolute atomic E-state index is 0.264. The van der Waals surface area contributed by atoms with Crippen molar-refractivity contribution in [2.75, 3.05) is 11.9 Å². The van der Waals surface area contributed by atoms with Crippen molar-refractivity contribution in [3.05, 3.63) is 63.7 Å². The topological polar surface area (TPSA) is 55.4 Å². The third kappa shape index (κ3) is 5.48. The van der Waals surface area contributed by atoms with Gasteiger partial charge in [0.1, 0.15) is 0 Å². The molecule has 0 saturated heterocycles. The van der Waals surface area contributed by atoms with Gasteiger partial charge in [-0.15, -0.1) is 0 Å². The van der Waals surface area contributed by atoms with E-state index in [2.05, 4.69) is 27.9 Å². The zero-order chi connectivity index (χ0) is 15.8. The zero-order valence-corrected chi connectivity index (χ0v) is 14.1. The van der Waals surface area contributed by atoms with Crippen LogP contribution in [0.25, 0.3) is 0 Å². The summed E-state index contributed by atoms with van der Waals surface area (Å²) in [5.41, 5.74) is 1.79. The van der Waals surface area contributed by atoms with Gasteiger partial charge < -0.3 is 10.1 Å². The number of ether oxygens (including phenoxy) is 1. The van der Waals surface area contributed by atoms with E-state index in [1.807, 2.05) is 48.5 Å². The Labute approximate surface area is 143 Å². The summed E-state index contributed by atoms with van der Waals surface area (Å²) < 4.78 is 5.92. The molecule has 4 nitrogen and oxygen atoms in total. The number of amides is 1. The van der Waals surface area contributed by atoms with Crippen LogP contribution >= 0.6 is 22.6 Å². The predicted molar refractivity (Wildman–Crippen MR) is 93.5 cm³/mol. The van der Waals surface area contributed by atoms with Gasteiger partial charge in [-0.2, -0.15) is 0 Å². The Morgan fingerprint density at radius 2 is 1.68 bits per heavy atom. The van der Waals surface area contributed by atoms with Crippen LogP contribution < -0.4 is 5.32 Å². The molecule has 1 N–H and O–H groups in total. The molecule has 2 rings (SSSR count). The van der Waals surface area contributed by atoms with Gasteiger partial charge in [-0.25, -0.2) is 0 Å². The molecule has 2 aromatic rings. The Morgan fingerprint density at radius 1 is 1.00 bits per heavy atom. The summed E-state index contributed by atoms with van der Waals surface area (Å²) >= 11 is 2.13. The predicted octanol–water partition coefficient (Wildman–Crippen LogP) is 3.41. The fourth-order valence-electron chi connectivity index (χ4n) is 1.86. The lowest BCUT2D eigenvalue weighted by Gasteiger charge is -2.08. The first-order valence-electron chi connectivity index (χ1n) is 6.89. The highest BCUT2D eigenvalue weighted by atomic mass is 127. The van der Waals surface area contributed by atoms with Gasteiger partial charge in [0.2, 0.25) is 0 Å². The quantitative estimate of drug-likeness (QED) is 0.588. The van der Waals surface area contributed by atoms with E-state index in [4.69, 9.17) is 4.74 Å². The van der Waals surface area contributed by atoms with Crippen molar-refractivity contribution < 1.29 is 14.3 Å². The minimum Gasteiger partial charge on any atom is -0.456 e. The van der Waals surface area contributed by atoms with Crippen molar-refractivity contribution in [3.63, 3.8) is 0 Å². The maximum atomic E-state index is 11.8. The Balaban J connectivity index is 1.72. The second-order valence-corrected chi connectivity index (χ2v) is 5.84. The fourth-order valence-corrected chi connectivity index (χ4v) is 2.38. The lowest BCUT2D eigenvalue weighted by atomic mass is 10.1. The SMILES string of the molecule is O=C(COC(=O)CCc1ccccc1)Nc1ccccc1I. The molecule has 0 radical (unpaired) electrons. The van der Waals surface area contributed by atoms with Crippen molar-refractivity contribution in [2.24, 2.45) is 0 Å². The zero-order valence-electron chi connectivity index (χ0n) is 11.9. The molecule has 2 aromatic carbocycles. The number of carbonyl (C=O) groups excluding carboxylic acids is 2. The van der Waals surface area contributed by atoms with E-state index in [0.717, 1.165) is 9.13 Å². The number of rotatable bonds is 6. The number of para-hydroxylation sites is 1. The van der Waals surface area contributed by atoms with Crippen molar-refractivity contribution >= 4 is 40.2 Å². The Hall–Kier alpha value is -1.89. The van der Waals surface area contributed by atoms with Crippen molar-refractivity contribution in [3.8, 4) is 0 Å². The van der Waals surface area contributed by atoms with Crippen molar-refractivity contribution in [2.45, 2.75) is 12.8 Å². The van der Waals surface area contributed by atoms with E-state index in [1.165, 1.54) is 0 Å². The maximum Gasteiger partial charge on any atom is 0.306 e. The summed E-state index contributed by atoms with van der Waals surface area (Å²) in [6, 6.07) is 17.1. The van der Waals surface area contributed by atoms with Gasteiger partial charge in [-0.3, -0.25) is 9.59 Å². The molecule has 0 spiro atoms. The second-order valence-electron chi connectivity index (χ2n) is 4.67. The van der Waals surface area contributed by atoms with Crippen LogP contribution in [0.5, 0.6) is 0 Å². The highest BCUT2D eigenvalue weighted by Crippen LogP contribution is 2.16. The van der Waals surface area contributed by atoms with E-state index < -0.39 is 0 Å². The van der Waals surface area contributed by atoms with E-state index in [9.17, 15) is 9.59 Å². The average molecular weight is 409 g/mol. The third-order valence-electron chi connectivity index (χ3n) is 2.97. The molecular weight excluding hydrogens is 393 g/mol. The Kier molecular flexibility index (Phi) is 6.39. The number of aryl methyl sites for hydroxylation is 1. The van der Waals surface area contributed by atoms with Crippen LogP contribution in [0.1, 0.15) is 12.0 Å². The van der Waals surface area contributed by atoms with Gasteiger partial charge in [0.15, 0.2) is 6.61 Å². The number of anilines is 1. The fraction of sp³-hybridized carbons (Fsp3) is 0.176. The highest BCUT2D eigenvalue weighted by Gasteiger charge is 2.09. The third-order valence-corrected chi connectivity index (χ3v) is 3.91. The number of hydrogen-bond donors (Lipinski definition) is 1. The number of esters is 1. The Bertz CT molecular complexity index is 643. The smallest absolute Gasteiger partial charge is 0.306 e. The molecule has 5 heteroatoms. The molecule has 0 aromatic heterocycles. The lowest BCUT2D eigenvalue weighted by molar-refractivity contribution is -0.147. The number of halogens is 1. The van der Waals surface area contributed by atoms with Crippen LogP contribution in [0.3, 0.4) is 0 Å². The summed E-state index contributed by atoms with van der Waals surface area (Å²) in [4.78, 5) is 23.4. The van der Waals surface area contributed by atoms with Crippen LogP contribution in [0.4, 0.5) is 5.69 Å². The summed E-state index contributed by atoms with van der Waals surface area (Å²) in [7, 11) is 0. The molecule has 1 amide bonds. The summed E-state index contributed by atoms with van der Waals surface area (Å²) in [6.07, 6.45) is 0.873. The van der Waals surface area contributed by atoms with Gasteiger partial charge in [0, 0.05) is 9.99 Å². The van der Waals surface area contributed by atoms with Crippen LogP contribution in [-0.4, -0.2) is 18.5 Å². The molecule has 0 heterocycles. The average Bonchev–Trinajstić information content (AvgIpc) is 2.54. The molecule has 22 heavy (non-hydrogen) atoms. The van der Waals surface area contributed by atoms with E-state index in [1.54, 1.807) is 6.07 Å². The van der Waals surface area contributed by atoms with Gasteiger partial charge in [0.25, 0.3) is 5.91 Å². The maximum absolute atomic E-state index is 11.8. The monoisotopic (exact) mass is 409 g/mol. The molecule has 114 valence electrons. The lowest BCUT2D eigenvalue weighted by Crippen LogP contribution is -2.21. The van der Waals surface area contributed by atoms with Gasteiger partial charge in [-0.05, 0) is 46.7 Å². The van der Waals surface area contributed by atoms with Crippen LogP contribution in [0, 0.1) is 3.57 Å². The first kappa shape index (κ1) is 16.5. The first-order chi connectivity index (χ1) is 10.6. The van der Waals surface area contributed by atoms with Crippen molar-refractivity contribution in [1.29, 1.82) is 0 Å². The molecule has 0 aliphatic heterocycles. The van der Waals surface area contributed by atoms with Crippen LogP contribution in [0.2, 0.25) is 0 Å². The number of carbonyl (C=O) groups is 2. The normalized spacial score (nSPS) is 10.0. The standard InChI is InChI=1S/C17H16INO3/c18-14-8-4-5-9-15(14)19-16(20)12-22-17(21)11-10-13-6-2-1-3-7-13/h1-9H,10-12H2,(H,19,20). The van der Waals surface area contributed by atoms with Gasteiger partial charge in [0.05, 0.1) is 5.69 Å². The van der Waals surface area contributed by atoms with E-state index in [-0.39, 0.29) is 24.9 Å². The molecule has 0 fully saturated rings. The largest absolute Gasteiger partial charge is 0.456 e. The molecule has 0 aliphatic rings. The van der Waals surface area contributed by atoms with Crippen LogP contribution in [-0.2, 0) is 20.7 Å². The van der Waals surface area contributed by atoms with Gasteiger partial charge >= 0.3 is 5.97 Å². The first-order valence-corrected chi connectivity index (χ1v) is 7.97. The van der Waals surface area contributed by atoms with Crippen LogP contribution in [0.15, 0.2) is 54.6 Å². The molecule has 0 atom stereocenters. The molecular formula is C17H16INO3. The molecule has 0 unspecified atom stereocenters. The second kappa shape index (κ2) is 8.53. The molecule has 0 saturated carbocycles. The minimum atomic E-state index is -0.373. The van der Waals surface area contributed by atoms with E-state index in [0.29, 0.717) is 12.1 Å². The Morgan fingerprint density at radius 3 is 2.41 bits per heavy atom.